The van der Waals surface area contributed by atoms with Crippen LogP contribution in [0.2, 0.25) is 0 Å². The Morgan fingerprint density at radius 3 is 1.57 bits per heavy atom. The molecule has 0 bridgehead atoms. The molecule has 2 nitrogen and oxygen atoms in total. The van der Waals surface area contributed by atoms with Crippen LogP contribution in [0.4, 0.5) is 0 Å². The van der Waals surface area contributed by atoms with Crippen LogP contribution in [0.3, 0.4) is 0 Å². The van der Waals surface area contributed by atoms with E-state index in [9.17, 15) is 0 Å². The topological polar surface area (TPSA) is 20.7 Å². The molecule has 0 saturated heterocycles. The summed E-state index contributed by atoms with van der Waals surface area (Å²) in [6.07, 6.45) is 0. The molecule has 0 atom stereocenters. The normalized spacial score (nSPS) is 13.0. The van der Waals surface area contributed by atoms with E-state index in [2.05, 4.69) is 249 Å². The fourth-order valence-corrected chi connectivity index (χ4v) is 12.4. The second kappa shape index (κ2) is 14.5. The minimum Gasteiger partial charge on any atom is -0.354 e. The first-order valence-corrected chi connectivity index (χ1v) is 23.8. The second-order valence-corrected chi connectivity index (χ2v) is 19.0. The third-order valence-corrected chi connectivity index (χ3v) is 15.4. The molecule has 2 heterocycles. The highest BCUT2D eigenvalue weighted by molar-refractivity contribution is 6.24. The van der Waals surface area contributed by atoms with Gasteiger partial charge in [0.15, 0.2) is 0 Å². The van der Waals surface area contributed by atoms with Gasteiger partial charge in [0.25, 0.3) is 0 Å². The van der Waals surface area contributed by atoms with E-state index in [1.807, 2.05) is 0 Å². The van der Waals surface area contributed by atoms with Crippen LogP contribution in [0, 0.1) is 13.8 Å². The van der Waals surface area contributed by atoms with Crippen molar-refractivity contribution in [3.05, 3.63) is 252 Å². The van der Waals surface area contributed by atoms with Gasteiger partial charge in [-0.25, -0.2) is 0 Å². The fraction of sp³-hybridized carbons (Fsp3) is 0.0606. The molecule has 0 saturated carbocycles. The first-order chi connectivity index (χ1) is 33.5. The zero-order chi connectivity index (χ0) is 45.3. The molecule has 0 aliphatic heterocycles. The maximum absolute atomic E-state index is 3.86. The van der Waals surface area contributed by atoms with Crippen LogP contribution in [0.1, 0.15) is 33.4 Å². The van der Waals surface area contributed by atoms with Crippen molar-refractivity contribution in [1.29, 1.82) is 0 Å². The predicted octanol–water partition coefficient (Wildman–Crippen LogP) is 17.3. The number of aromatic amines is 1. The number of fused-ring (bicyclic) bond motifs is 11. The van der Waals surface area contributed by atoms with E-state index in [4.69, 9.17) is 0 Å². The highest BCUT2D eigenvalue weighted by Gasteiger charge is 2.47. The van der Waals surface area contributed by atoms with Crippen molar-refractivity contribution in [3.8, 4) is 44.5 Å². The van der Waals surface area contributed by atoms with Crippen molar-refractivity contribution in [2.45, 2.75) is 19.3 Å². The summed E-state index contributed by atoms with van der Waals surface area (Å²) in [5.41, 5.74) is 21.9. The smallest absolute Gasteiger partial charge is 0.0713 e. The van der Waals surface area contributed by atoms with Crippen LogP contribution < -0.4 is 0 Å². The zero-order valence-electron chi connectivity index (χ0n) is 38.2. The molecule has 0 unspecified atom stereocenters. The third kappa shape index (κ3) is 5.29. The molecule has 0 spiro atoms. The first kappa shape index (κ1) is 38.8. The standard InChI is InChI=1S/C66H46N2/c1-40-31-35-42(36-32-40)66(43-37-33-41(2)34-38-43)58-27-7-4-17-54(58)63-55(26-14-28-59(63)66)62-48-20-10-18-44(50-22-12-23-51-46-15-5-8-29-60(46)67-64(50)51)56(48)39-57-45(19-11-21-49(57)62)52-24-13-25-53-47-16-6-9-30-61(47)68(3)65(52)53/h4-39,67H,1-3H3. The molecule has 13 aromatic rings. The van der Waals surface area contributed by atoms with E-state index in [1.165, 1.54) is 132 Å². The van der Waals surface area contributed by atoms with Crippen molar-refractivity contribution < 1.29 is 0 Å². The van der Waals surface area contributed by atoms with Crippen molar-refractivity contribution in [2.24, 2.45) is 7.05 Å². The maximum atomic E-state index is 3.86. The van der Waals surface area contributed by atoms with Gasteiger partial charge in [0.05, 0.1) is 16.4 Å². The Hall–Kier alpha value is -8.46. The van der Waals surface area contributed by atoms with Gasteiger partial charge in [-0.3, -0.25) is 0 Å². The molecular formula is C66H46N2. The Labute approximate surface area is 395 Å². The van der Waals surface area contributed by atoms with E-state index < -0.39 is 5.41 Å². The number of benzene rings is 11. The summed E-state index contributed by atoms with van der Waals surface area (Å²) >= 11 is 0. The van der Waals surface area contributed by atoms with E-state index >= 15 is 0 Å². The molecule has 68 heavy (non-hydrogen) atoms. The van der Waals surface area contributed by atoms with Crippen LogP contribution in [0.25, 0.3) is 110 Å². The van der Waals surface area contributed by atoms with E-state index in [-0.39, 0.29) is 0 Å². The number of hydrogen-bond donors (Lipinski definition) is 1. The summed E-state index contributed by atoms with van der Waals surface area (Å²) in [6.45, 7) is 4.37. The van der Waals surface area contributed by atoms with Gasteiger partial charge in [-0.1, -0.05) is 211 Å². The Balaban J connectivity index is 1.14. The van der Waals surface area contributed by atoms with E-state index in [1.54, 1.807) is 0 Å². The number of H-pyrrole nitrogens is 1. The molecule has 1 aliphatic rings. The molecule has 1 aliphatic carbocycles. The highest BCUT2D eigenvalue weighted by atomic mass is 14.9. The molecule has 320 valence electrons. The number of nitrogens with one attached hydrogen (secondary N) is 1. The summed E-state index contributed by atoms with van der Waals surface area (Å²) in [5.74, 6) is 0. The number of aryl methyl sites for hydroxylation is 3. The van der Waals surface area contributed by atoms with E-state index in [0.29, 0.717) is 0 Å². The lowest BCUT2D eigenvalue weighted by atomic mass is 9.67. The van der Waals surface area contributed by atoms with Crippen LogP contribution >= 0.6 is 0 Å². The lowest BCUT2D eigenvalue weighted by Gasteiger charge is -2.34. The lowest BCUT2D eigenvalue weighted by molar-refractivity contribution is 0.767. The molecule has 0 radical (unpaired) electrons. The summed E-state index contributed by atoms with van der Waals surface area (Å²) in [4.78, 5) is 3.86. The summed E-state index contributed by atoms with van der Waals surface area (Å²) < 4.78 is 2.39. The van der Waals surface area contributed by atoms with Crippen LogP contribution in [-0.4, -0.2) is 9.55 Å². The minimum absolute atomic E-state index is 0.532. The molecule has 11 aromatic carbocycles. The quantitative estimate of drug-likeness (QED) is 0.166. The van der Waals surface area contributed by atoms with Gasteiger partial charge in [0, 0.05) is 50.8 Å². The summed E-state index contributed by atoms with van der Waals surface area (Å²) in [5, 5.41) is 9.95. The van der Waals surface area contributed by atoms with Crippen molar-refractivity contribution in [2.75, 3.05) is 0 Å². The van der Waals surface area contributed by atoms with Gasteiger partial charge in [0.1, 0.15) is 0 Å². The SMILES string of the molecule is Cc1ccc(C2(c3ccc(C)cc3)c3ccccc3-c3c(-c4c5cccc(-c6cccc7c6[nH]c6ccccc67)c5cc5c(-c6cccc7c8ccccc8n(C)c67)cccc45)cccc32)cc1. The van der Waals surface area contributed by atoms with Gasteiger partial charge in [-0.15, -0.1) is 0 Å². The predicted molar refractivity (Wildman–Crippen MR) is 288 cm³/mol. The van der Waals surface area contributed by atoms with Gasteiger partial charge in [-0.05, 0) is 109 Å². The molecule has 14 rings (SSSR count). The number of nitrogens with zero attached hydrogens (tertiary/aromatic N) is 1. The average Bonchev–Trinajstić information content (AvgIpc) is 4.02. The number of aromatic nitrogens is 2. The Morgan fingerprint density at radius 1 is 0.353 bits per heavy atom. The zero-order valence-corrected chi connectivity index (χ0v) is 38.2. The Morgan fingerprint density at radius 2 is 0.853 bits per heavy atom. The van der Waals surface area contributed by atoms with Crippen LogP contribution in [-0.2, 0) is 12.5 Å². The third-order valence-electron chi connectivity index (χ3n) is 15.4. The number of para-hydroxylation sites is 4. The van der Waals surface area contributed by atoms with Gasteiger partial charge in [-0.2, -0.15) is 0 Å². The molecule has 0 fully saturated rings. The second-order valence-electron chi connectivity index (χ2n) is 19.0. The maximum Gasteiger partial charge on any atom is 0.0713 e. The fourth-order valence-electron chi connectivity index (χ4n) is 12.4. The van der Waals surface area contributed by atoms with E-state index in [0.717, 1.165) is 11.0 Å². The minimum atomic E-state index is -0.532. The van der Waals surface area contributed by atoms with Gasteiger partial charge < -0.3 is 9.55 Å². The Bertz CT molecular complexity index is 4170. The average molecular weight is 867 g/mol. The van der Waals surface area contributed by atoms with Crippen molar-refractivity contribution in [3.63, 3.8) is 0 Å². The molecular weight excluding hydrogens is 821 g/mol. The Kier molecular flexibility index (Phi) is 8.28. The first-order valence-electron chi connectivity index (χ1n) is 23.8. The van der Waals surface area contributed by atoms with Gasteiger partial charge >= 0.3 is 0 Å². The molecule has 1 N–H and O–H groups in total. The van der Waals surface area contributed by atoms with Crippen LogP contribution in [0.15, 0.2) is 218 Å². The van der Waals surface area contributed by atoms with Gasteiger partial charge in [0.2, 0.25) is 0 Å². The summed E-state index contributed by atoms with van der Waals surface area (Å²) in [6, 6.07) is 82.4. The highest BCUT2D eigenvalue weighted by Crippen LogP contribution is 2.59. The summed E-state index contributed by atoms with van der Waals surface area (Å²) in [7, 11) is 2.22. The molecule has 2 aromatic heterocycles. The van der Waals surface area contributed by atoms with Crippen molar-refractivity contribution in [1.82, 2.24) is 9.55 Å². The number of hydrogen-bond acceptors (Lipinski definition) is 0. The van der Waals surface area contributed by atoms with Crippen molar-refractivity contribution >= 4 is 65.2 Å². The lowest BCUT2D eigenvalue weighted by Crippen LogP contribution is -2.28. The monoisotopic (exact) mass is 866 g/mol. The largest absolute Gasteiger partial charge is 0.354 e. The molecule has 0 amide bonds. The molecule has 2 heteroatoms. The van der Waals surface area contributed by atoms with Crippen LogP contribution in [0.5, 0.6) is 0 Å². The number of rotatable bonds is 5.